The summed E-state index contributed by atoms with van der Waals surface area (Å²) in [6.07, 6.45) is 1.62. The number of fused-ring (bicyclic) bond motifs is 1. The van der Waals surface area contributed by atoms with Crippen LogP contribution in [0.1, 0.15) is 21.7 Å². The van der Waals surface area contributed by atoms with Gasteiger partial charge in [-0.15, -0.1) is 0 Å². The normalized spacial score (nSPS) is 17.9. The summed E-state index contributed by atoms with van der Waals surface area (Å²) in [7, 11) is 3.64. The van der Waals surface area contributed by atoms with Gasteiger partial charge in [-0.2, -0.15) is 10.4 Å². The second-order valence-electron chi connectivity index (χ2n) is 8.89. The summed E-state index contributed by atoms with van der Waals surface area (Å²) in [6, 6.07) is 14.5. The quantitative estimate of drug-likeness (QED) is 0.418. The van der Waals surface area contributed by atoms with Gasteiger partial charge in [0.05, 0.1) is 29.3 Å². The minimum absolute atomic E-state index is 0.0887. The molecule has 4 aromatic rings. The van der Waals surface area contributed by atoms with E-state index >= 15 is 0 Å². The number of benzene rings is 1. The van der Waals surface area contributed by atoms with Crippen LogP contribution in [0.15, 0.2) is 48.7 Å². The van der Waals surface area contributed by atoms with E-state index in [1.54, 1.807) is 42.1 Å². The van der Waals surface area contributed by atoms with Crippen molar-refractivity contribution in [3.05, 3.63) is 70.8 Å². The summed E-state index contributed by atoms with van der Waals surface area (Å²) in [5, 5.41) is 17.6. The fourth-order valence-electron chi connectivity index (χ4n) is 4.61. The number of carbonyl (C=O) groups is 1. The highest BCUT2D eigenvalue weighted by molar-refractivity contribution is 6.29. The number of halogens is 1. The fraction of sp³-hybridized carbons (Fsp3) is 0.269. The number of ether oxygens (including phenoxy) is 1. The van der Waals surface area contributed by atoms with E-state index in [9.17, 15) is 10.1 Å². The van der Waals surface area contributed by atoms with E-state index in [0.29, 0.717) is 34.2 Å². The van der Waals surface area contributed by atoms with Crippen molar-refractivity contribution in [3.8, 4) is 28.5 Å². The summed E-state index contributed by atoms with van der Waals surface area (Å²) >= 11 is 6.30. The van der Waals surface area contributed by atoms with Crippen molar-refractivity contribution in [2.45, 2.75) is 19.1 Å². The first-order chi connectivity index (χ1) is 17.4. The number of aryl methyl sites for hydroxylation is 1. The lowest BCUT2D eigenvalue weighted by Gasteiger charge is -2.18. The van der Waals surface area contributed by atoms with Crippen LogP contribution in [0.3, 0.4) is 0 Å². The molecule has 0 saturated carbocycles. The van der Waals surface area contributed by atoms with E-state index in [-0.39, 0.29) is 23.7 Å². The Hall–Kier alpha value is -3.84. The van der Waals surface area contributed by atoms with Crippen molar-refractivity contribution in [3.63, 3.8) is 0 Å². The highest BCUT2D eigenvalue weighted by Gasteiger charge is 2.32. The van der Waals surface area contributed by atoms with E-state index in [4.69, 9.17) is 26.4 Å². The van der Waals surface area contributed by atoms with Gasteiger partial charge in [-0.05, 0) is 49.9 Å². The Labute approximate surface area is 213 Å². The van der Waals surface area contributed by atoms with Crippen LogP contribution in [0.2, 0.25) is 5.15 Å². The molecule has 0 spiro atoms. The Morgan fingerprint density at radius 2 is 2.03 bits per heavy atom. The molecule has 182 valence electrons. The largest absolute Gasteiger partial charge is 0.378 e. The molecular formula is C26H24ClN7O2. The van der Waals surface area contributed by atoms with Gasteiger partial charge in [0.1, 0.15) is 16.5 Å². The molecule has 1 fully saturated rings. The maximum Gasteiger partial charge on any atom is 0.270 e. The average Bonchev–Trinajstić information content (AvgIpc) is 3.42. The predicted octanol–water partition coefficient (Wildman–Crippen LogP) is 3.35. The molecule has 1 amide bonds. The van der Waals surface area contributed by atoms with E-state index in [1.165, 1.54) is 0 Å². The van der Waals surface area contributed by atoms with Gasteiger partial charge in [0.2, 0.25) is 0 Å². The number of carbonyl (C=O) groups excluding carboxylic acids is 1. The number of likely N-dealkylation sites (tertiary alicyclic amines) is 1. The van der Waals surface area contributed by atoms with Gasteiger partial charge in [-0.3, -0.25) is 4.79 Å². The zero-order valence-corrected chi connectivity index (χ0v) is 20.8. The second kappa shape index (κ2) is 9.66. The first-order valence-corrected chi connectivity index (χ1v) is 11.8. The van der Waals surface area contributed by atoms with Crippen molar-refractivity contribution in [1.82, 2.24) is 29.8 Å². The molecule has 1 saturated heterocycles. The number of nitrogens with zero attached hydrogens (tertiary/aromatic N) is 6. The number of aromatic nitrogens is 4. The van der Waals surface area contributed by atoms with Gasteiger partial charge in [0.15, 0.2) is 5.65 Å². The maximum absolute atomic E-state index is 13.2. The van der Waals surface area contributed by atoms with Crippen LogP contribution in [0.4, 0.5) is 0 Å². The SMILES string of the molecule is CO[C@H]1CN(C)C[C@@H]1NC(=O)c1ccn2nc(-c3cccc(C#N)c3)c(-c3cc(C)nc(Cl)c3)c2n1. The van der Waals surface area contributed by atoms with Gasteiger partial charge in [0.25, 0.3) is 5.91 Å². The number of pyridine rings is 1. The molecule has 36 heavy (non-hydrogen) atoms. The van der Waals surface area contributed by atoms with E-state index < -0.39 is 0 Å². The number of nitrogens with one attached hydrogen (secondary N) is 1. The lowest BCUT2D eigenvalue weighted by Crippen LogP contribution is -2.43. The Morgan fingerprint density at radius 1 is 1.19 bits per heavy atom. The molecule has 3 aromatic heterocycles. The zero-order valence-electron chi connectivity index (χ0n) is 20.1. The molecule has 0 aliphatic carbocycles. The van der Waals surface area contributed by atoms with Gasteiger partial charge in [-0.1, -0.05) is 23.7 Å². The van der Waals surface area contributed by atoms with Crippen LogP contribution in [0, 0.1) is 18.3 Å². The molecule has 1 aliphatic heterocycles. The molecule has 0 radical (unpaired) electrons. The highest BCUT2D eigenvalue weighted by atomic mass is 35.5. The lowest BCUT2D eigenvalue weighted by molar-refractivity contribution is 0.0763. The summed E-state index contributed by atoms with van der Waals surface area (Å²) in [6.45, 7) is 3.29. The van der Waals surface area contributed by atoms with Crippen molar-refractivity contribution >= 4 is 23.2 Å². The summed E-state index contributed by atoms with van der Waals surface area (Å²) < 4.78 is 7.17. The van der Waals surface area contributed by atoms with Crippen LogP contribution in [0.25, 0.3) is 28.0 Å². The number of amides is 1. The highest BCUT2D eigenvalue weighted by Crippen LogP contribution is 2.36. The molecule has 5 rings (SSSR count). The number of methoxy groups -OCH3 is 1. The van der Waals surface area contributed by atoms with Crippen LogP contribution in [-0.2, 0) is 4.74 Å². The molecule has 1 N–H and O–H groups in total. The smallest absolute Gasteiger partial charge is 0.270 e. The number of rotatable bonds is 5. The molecule has 2 atom stereocenters. The van der Waals surface area contributed by atoms with Crippen molar-refractivity contribution in [1.29, 1.82) is 5.26 Å². The number of hydrogen-bond donors (Lipinski definition) is 1. The predicted molar refractivity (Wildman–Crippen MR) is 136 cm³/mol. The summed E-state index contributed by atoms with van der Waals surface area (Å²) in [5.74, 6) is -0.288. The van der Waals surface area contributed by atoms with Crippen molar-refractivity contribution < 1.29 is 9.53 Å². The van der Waals surface area contributed by atoms with Gasteiger partial charge in [-0.25, -0.2) is 14.5 Å². The molecule has 0 bridgehead atoms. The molecule has 1 aliphatic rings. The van der Waals surface area contributed by atoms with Crippen molar-refractivity contribution in [2.75, 3.05) is 27.2 Å². The van der Waals surface area contributed by atoms with Gasteiger partial charge >= 0.3 is 0 Å². The van der Waals surface area contributed by atoms with Crippen LogP contribution < -0.4 is 5.32 Å². The first kappa shape index (κ1) is 23.9. The average molecular weight is 502 g/mol. The third-order valence-corrected chi connectivity index (χ3v) is 6.46. The minimum Gasteiger partial charge on any atom is -0.378 e. The Balaban J connectivity index is 1.63. The number of hydrogen-bond acceptors (Lipinski definition) is 7. The molecule has 1 aromatic carbocycles. The topological polar surface area (TPSA) is 108 Å². The molecule has 4 heterocycles. The molecular weight excluding hydrogens is 478 g/mol. The fourth-order valence-corrected chi connectivity index (χ4v) is 4.86. The third-order valence-electron chi connectivity index (χ3n) is 6.26. The minimum atomic E-state index is -0.288. The van der Waals surface area contributed by atoms with Gasteiger partial charge < -0.3 is 15.0 Å². The molecule has 0 unspecified atom stereocenters. The van der Waals surface area contributed by atoms with Gasteiger partial charge in [0, 0.05) is 37.7 Å². The maximum atomic E-state index is 13.2. The first-order valence-electron chi connectivity index (χ1n) is 11.4. The van der Waals surface area contributed by atoms with Crippen LogP contribution in [0.5, 0.6) is 0 Å². The number of likely N-dealkylation sites (N-methyl/N-ethyl adjacent to an activating group) is 1. The van der Waals surface area contributed by atoms with E-state index in [0.717, 1.165) is 23.4 Å². The summed E-state index contributed by atoms with van der Waals surface area (Å²) in [4.78, 5) is 24.3. The molecule has 9 nitrogen and oxygen atoms in total. The monoisotopic (exact) mass is 501 g/mol. The second-order valence-corrected chi connectivity index (χ2v) is 9.28. The van der Waals surface area contributed by atoms with E-state index in [1.807, 2.05) is 32.2 Å². The zero-order chi connectivity index (χ0) is 25.4. The Morgan fingerprint density at radius 3 is 2.78 bits per heavy atom. The Kier molecular flexibility index (Phi) is 6.41. The third kappa shape index (κ3) is 4.54. The summed E-state index contributed by atoms with van der Waals surface area (Å²) in [5.41, 5.74) is 4.85. The van der Waals surface area contributed by atoms with Crippen LogP contribution in [-0.4, -0.2) is 69.8 Å². The Bertz CT molecular complexity index is 1490. The van der Waals surface area contributed by atoms with Crippen molar-refractivity contribution in [2.24, 2.45) is 0 Å². The lowest BCUT2D eigenvalue weighted by atomic mass is 10.00. The number of nitriles is 1. The standard InChI is InChI=1S/C26H24ClN7O2/c1-15-9-18(11-22(27)29-15)23-24(17-6-4-5-16(10-17)12-28)32-34-8-7-19(30-25(23)34)26(35)31-20-13-33(2)14-21(20)36-3/h4-11,20-21H,13-14H2,1-3H3,(H,31,35)/t20-,21-/m0/s1. The molecule has 10 heteroatoms. The van der Waals surface area contributed by atoms with Crippen LogP contribution >= 0.6 is 11.6 Å². The van der Waals surface area contributed by atoms with E-state index in [2.05, 4.69) is 21.3 Å².